The monoisotopic (exact) mass is 360 g/mol. The number of rotatable bonds is 8. The minimum atomic E-state index is -0.616. The second-order valence-corrected chi connectivity index (χ2v) is 6.15. The number of carbonyl (C=O) groups excluding carboxylic acids is 1. The topological polar surface area (TPSA) is 41.6 Å². The molecule has 1 amide bonds. The van der Waals surface area contributed by atoms with Gasteiger partial charge in [0.2, 0.25) is 0 Å². The van der Waals surface area contributed by atoms with Crippen LogP contribution >= 0.6 is 11.6 Å². The maximum Gasteiger partial charge on any atom is 0.261 e. The summed E-state index contributed by atoms with van der Waals surface area (Å²) >= 11 is 6.05. The Bertz CT molecular complexity index is 684. The van der Waals surface area contributed by atoms with Crippen LogP contribution in [-0.2, 0) is 11.3 Å². The normalized spacial score (nSPS) is 11.7. The first-order chi connectivity index (χ1) is 12.0. The summed E-state index contributed by atoms with van der Waals surface area (Å²) in [6.07, 6.45) is -0.616. The number of para-hydroxylation sites is 1. The van der Waals surface area contributed by atoms with E-state index in [-0.39, 0.29) is 5.91 Å². The predicted molar refractivity (Wildman–Crippen MR) is 103 cm³/mol. The molecule has 1 N–H and O–H groups in total. The Morgan fingerprint density at radius 2 is 1.76 bits per heavy atom. The fraction of sp³-hybridized carbons (Fsp3) is 0.350. The highest BCUT2D eigenvalue weighted by atomic mass is 35.5. The molecule has 5 heteroatoms. The van der Waals surface area contributed by atoms with Crippen LogP contribution in [0.3, 0.4) is 0 Å². The van der Waals surface area contributed by atoms with E-state index in [9.17, 15) is 4.79 Å². The van der Waals surface area contributed by atoms with Crippen molar-refractivity contribution in [3.63, 3.8) is 0 Å². The molecule has 0 saturated carbocycles. The van der Waals surface area contributed by atoms with Gasteiger partial charge in [-0.3, -0.25) is 4.79 Å². The summed E-state index contributed by atoms with van der Waals surface area (Å²) in [4.78, 5) is 14.5. The van der Waals surface area contributed by atoms with E-state index in [1.54, 1.807) is 19.1 Å². The van der Waals surface area contributed by atoms with Crippen LogP contribution in [0.25, 0.3) is 0 Å². The Morgan fingerprint density at radius 3 is 2.36 bits per heavy atom. The Balaban J connectivity index is 1.88. The van der Waals surface area contributed by atoms with Crippen molar-refractivity contribution in [2.75, 3.05) is 18.0 Å². The lowest BCUT2D eigenvalue weighted by Gasteiger charge is -2.21. The fourth-order valence-electron chi connectivity index (χ4n) is 2.53. The van der Waals surface area contributed by atoms with Gasteiger partial charge in [-0.15, -0.1) is 0 Å². The number of ether oxygens (including phenoxy) is 1. The second kappa shape index (κ2) is 9.33. The molecule has 0 bridgehead atoms. The van der Waals surface area contributed by atoms with Gasteiger partial charge in [0.1, 0.15) is 5.75 Å². The SMILES string of the molecule is CCN(CC)c1ccc(CNC(=O)C(C)Oc2ccccc2Cl)cc1. The number of hydrogen-bond acceptors (Lipinski definition) is 3. The van der Waals surface area contributed by atoms with Crippen LogP contribution in [-0.4, -0.2) is 25.1 Å². The van der Waals surface area contributed by atoms with E-state index in [4.69, 9.17) is 16.3 Å². The van der Waals surface area contributed by atoms with Gasteiger partial charge in [0.15, 0.2) is 6.10 Å². The standard InChI is InChI=1S/C20H25ClN2O2/c1-4-23(5-2)17-12-10-16(11-13-17)14-22-20(24)15(3)25-19-9-7-6-8-18(19)21/h6-13,15H,4-5,14H2,1-3H3,(H,22,24). The zero-order valence-electron chi connectivity index (χ0n) is 15.0. The van der Waals surface area contributed by atoms with Crippen molar-refractivity contribution < 1.29 is 9.53 Å². The molecule has 2 aromatic carbocycles. The molecule has 1 atom stereocenters. The molecule has 0 aliphatic rings. The van der Waals surface area contributed by atoms with Gasteiger partial charge in [0, 0.05) is 25.3 Å². The van der Waals surface area contributed by atoms with Crippen molar-refractivity contribution >= 4 is 23.2 Å². The lowest BCUT2D eigenvalue weighted by molar-refractivity contribution is -0.127. The number of amides is 1. The first-order valence-corrected chi connectivity index (χ1v) is 8.95. The first kappa shape index (κ1) is 19.1. The molecule has 0 heterocycles. The summed E-state index contributed by atoms with van der Waals surface area (Å²) in [5.74, 6) is 0.336. The molecule has 0 aliphatic carbocycles. The third kappa shape index (κ3) is 5.40. The van der Waals surface area contributed by atoms with Crippen LogP contribution in [0.15, 0.2) is 48.5 Å². The third-order valence-electron chi connectivity index (χ3n) is 4.04. The molecule has 1 unspecified atom stereocenters. The van der Waals surface area contributed by atoms with Gasteiger partial charge in [-0.2, -0.15) is 0 Å². The van der Waals surface area contributed by atoms with E-state index in [2.05, 4.69) is 36.2 Å². The Labute approximate surface area is 154 Å². The lowest BCUT2D eigenvalue weighted by Crippen LogP contribution is -2.35. The van der Waals surface area contributed by atoms with Crippen LogP contribution < -0.4 is 15.0 Å². The largest absolute Gasteiger partial charge is 0.479 e. The summed E-state index contributed by atoms with van der Waals surface area (Å²) in [6, 6.07) is 15.4. The van der Waals surface area contributed by atoms with E-state index < -0.39 is 6.10 Å². The molecule has 2 rings (SSSR count). The zero-order valence-corrected chi connectivity index (χ0v) is 15.7. The highest BCUT2D eigenvalue weighted by Gasteiger charge is 2.15. The Kier molecular flexibility index (Phi) is 7.14. The van der Waals surface area contributed by atoms with Crippen molar-refractivity contribution in [3.8, 4) is 5.75 Å². The van der Waals surface area contributed by atoms with Crippen LogP contribution in [0.5, 0.6) is 5.75 Å². The molecule has 0 fully saturated rings. The second-order valence-electron chi connectivity index (χ2n) is 5.75. The van der Waals surface area contributed by atoms with Crippen molar-refractivity contribution in [1.29, 1.82) is 0 Å². The average Bonchev–Trinajstić information content (AvgIpc) is 2.63. The number of nitrogens with one attached hydrogen (secondary N) is 1. The minimum absolute atomic E-state index is 0.173. The van der Waals surface area contributed by atoms with Crippen molar-refractivity contribution in [3.05, 3.63) is 59.1 Å². The Hall–Kier alpha value is -2.20. The predicted octanol–water partition coefficient (Wildman–Crippen LogP) is 4.27. The van der Waals surface area contributed by atoms with Crippen molar-refractivity contribution in [2.24, 2.45) is 0 Å². The van der Waals surface area contributed by atoms with Crippen LogP contribution in [0.1, 0.15) is 26.3 Å². The van der Waals surface area contributed by atoms with Crippen LogP contribution in [0.2, 0.25) is 5.02 Å². The van der Waals surface area contributed by atoms with Gasteiger partial charge < -0.3 is 15.0 Å². The lowest BCUT2D eigenvalue weighted by atomic mass is 10.2. The molecule has 134 valence electrons. The third-order valence-corrected chi connectivity index (χ3v) is 4.35. The van der Waals surface area contributed by atoms with Crippen LogP contribution in [0, 0.1) is 0 Å². The molecule has 0 saturated heterocycles. The minimum Gasteiger partial charge on any atom is -0.479 e. The molecule has 0 radical (unpaired) electrons. The summed E-state index contributed by atoms with van der Waals surface area (Å²) in [5, 5.41) is 3.39. The number of benzene rings is 2. The highest BCUT2D eigenvalue weighted by molar-refractivity contribution is 6.32. The van der Waals surface area contributed by atoms with Gasteiger partial charge in [-0.05, 0) is 50.6 Å². The highest BCUT2D eigenvalue weighted by Crippen LogP contribution is 2.24. The molecule has 0 spiro atoms. The molecule has 0 aliphatic heterocycles. The summed E-state index contributed by atoms with van der Waals surface area (Å²) < 4.78 is 5.62. The van der Waals surface area contributed by atoms with E-state index in [1.807, 2.05) is 24.3 Å². The van der Waals surface area contributed by atoms with Crippen molar-refractivity contribution in [2.45, 2.75) is 33.4 Å². The van der Waals surface area contributed by atoms with E-state index in [0.717, 1.165) is 18.7 Å². The van der Waals surface area contributed by atoms with Gasteiger partial charge in [-0.1, -0.05) is 35.9 Å². The van der Waals surface area contributed by atoms with Crippen molar-refractivity contribution in [1.82, 2.24) is 5.32 Å². The zero-order chi connectivity index (χ0) is 18.2. The summed E-state index contributed by atoms with van der Waals surface area (Å²) in [5.41, 5.74) is 2.24. The number of carbonyl (C=O) groups is 1. The molecular weight excluding hydrogens is 336 g/mol. The van der Waals surface area contributed by atoms with Gasteiger partial charge in [0.25, 0.3) is 5.91 Å². The number of nitrogens with zero attached hydrogens (tertiary/aromatic N) is 1. The average molecular weight is 361 g/mol. The smallest absolute Gasteiger partial charge is 0.261 e. The molecule has 2 aromatic rings. The van der Waals surface area contributed by atoms with Gasteiger partial charge in [-0.25, -0.2) is 0 Å². The number of hydrogen-bond donors (Lipinski definition) is 1. The van der Waals surface area contributed by atoms with E-state index in [1.165, 1.54) is 5.69 Å². The van der Waals surface area contributed by atoms with Crippen LogP contribution in [0.4, 0.5) is 5.69 Å². The maximum atomic E-state index is 12.2. The quantitative estimate of drug-likeness (QED) is 0.764. The summed E-state index contributed by atoms with van der Waals surface area (Å²) in [7, 11) is 0. The van der Waals surface area contributed by atoms with Gasteiger partial charge in [0.05, 0.1) is 5.02 Å². The van der Waals surface area contributed by atoms with E-state index in [0.29, 0.717) is 17.3 Å². The summed E-state index contributed by atoms with van der Waals surface area (Å²) in [6.45, 7) is 8.40. The van der Waals surface area contributed by atoms with Gasteiger partial charge >= 0.3 is 0 Å². The maximum absolute atomic E-state index is 12.2. The Morgan fingerprint density at radius 1 is 1.12 bits per heavy atom. The number of anilines is 1. The van der Waals surface area contributed by atoms with E-state index >= 15 is 0 Å². The number of halogens is 1. The molecule has 4 nitrogen and oxygen atoms in total. The first-order valence-electron chi connectivity index (χ1n) is 8.58. The molecule has 25 heavy (non-hydrogen) atoms. The fourth-order valence-corrected chi connectivity index (χ4v) is 2.71. The molecule has 0 aromatic heterocycles. The molecular formula is C20H25ClN2O2.